The van der Waals surface area contributed by atoms with Crippen molar-refractivity contribution in [1.82, 2.24) is 10.2 Å². The lowest BCUT2D eigenvalue weighted by molar-refractivity contribution is -0.126. The highest BCUT2D eigenvalue weighted by Gasteiger charge is 2.29. The first-order valence-corrected chi connectivity index (χ1v) is 9.94. The zero-order chi connectivity index (χ0) is 20.1. The van der Waals surface area contributed by atoms with Crippen LogP contribution in [0, 0.1) is 11.8 Å². The molecule has 3 atom stereocenters. The monoisotopic (exact) mass is 377 g/mol. The summed E-state index contributed by atoms with van der Waals surface area (Å²) >= 11 is 0. The van der Waals surface area contributed by atoms with Gasteiger partial charge in [0.15, 0.2) is 11.5 Å². The second kappa shape index (κ2) is 9.42. The summed E-state index contributed by atoms with van der Waals surface area (Å²) in [6, 6.07) is 5.84. The minimum absolute atomic E-state index is 0.0590. The first-order valence-electron chi connectivity index (χ1n) is 9.94. The summed E-state index contributed by atoms with van der Waals surface area (Å²) in [6.07, 6.45) is 0.802. The minimum Gasteiger partial charge on any atom is -0.454 e. The molecule has 0 radical (unpaired) electrons. The highest BCUT2D eigenvalue weighted by molar-refractivity contribution is 5.82. The zero-order valence-corrected chi connectivity index (χ0v) is 17.5. The maximum absolute atomic E-state index is 12.5. The summed E-state index contributed by atoms with van der Waals surface area (Å²) in [4.78, 5) is 14.9. The van der Waals surface area contributed by atoms with Crippen LogP contribution in [0.3, 0.4) is 0 Å². The average Bonchev–Trinajstić information content (AvgIpc) is 3.08. The van der Waals surface area contributed by atoms with Gasteiger partial charge in [-0.15, -0.1) is 0 Å². The normalized spacial score (nSPS) is 16.7. The van der Waals surface area contributed by atoms with Crippen LogP contribution < -0.4 is 20.5 Å². The molecule has 1 amide bonds. The van der Waals surface area contributed by atoms with Crippen molar-refractivity contribution in [2.45, 2.75) is 66.2 Å². The largest absolute Gasteiger partial charge is 0.454 e. The summed E-state index contributed by atoms with van der Waals surface area (Å²) in [5.41, 5.74) is 7.24. The van der Waals surface area contributed by atoms with Gasteiger partial charge in [-0.1, -0.05) is 40.7 Å². The average molecular weight is 378 g/mol. The smallest absolute Gasteiger partial charge is 0.238 e. The van der Waals surface area contributed by atoms with Crippen molar-refractivity contribution in [2.24, 2.45) is 17.6 Å². The summed E-state index contributed by atoms with van der Waals surface area (Å²) in [6.45, 7) is 13.6. The molecule has 1 aromatic carbocycles. The quantitative estimate of drug-likeness (QED) is 0.647. The van der Waals surface area contributed by atoms with Gasteiger partial charge in [-0.3, -0.25) is 9.69 Å². The molecule has 0 spiro atoms. The molecule has 1 aliphatic rings. The van der Waals surface area contributed by atoms with E-state index in [1.165, 1.54) is 5.56 Å². The highest BCUT2D eigenvalue weighted by atomic mass is 16.7. The lowest BCUT2D eigenvalue weighted by Crippen LogP contribution is -2.58. The Balaban J connectivity index is 2.09. The number of benzene rings is 1. The molecule has 152 valence electrons. The van der Waals surface area contributed by atoms with Crippen molar-refractivity contribution in [3.8, 4) is 11.5 Å². The number of nitrogens with two attached hydrogens (primary N) is 1. The molecule has 6 nitrogen and oxygen atoms in total. The Hall–Kier alpha value is -1.79. The van der Waals surface area contributed by atoms with E-state index in [4.69, 9.17) is 15.2 Å². The topological polar surface area (TPSA) is 76.8 Å². The maximum atomic E-state index is 12.5. The third-order valence-electron chi connectivity index (χ3n) is 5.20. The van der Waals surface area contributed by atoms with E-state index in [9.17, 15) is 4.79 Å². The fourth-order valence-corrected chi connectivity index (χ4v) is 3.49. The van der Waals surface area contributed by atoms with Gasteiger partial charge in [0, 0.05) is 6.04 Å². The van der Waals surface area contributed by atoms with Crippen molar-refractivity contribution in [2.75, 3.05) is 13.3 Å². The van der Waals surface area contributed by atoms with Gasteiger partial charge in [0.05, 0.1) is 12.2 Å². The van der Waals surface area contributed by atoms with Crippen LogP contribution in [-0.4, -0.2) is 42.4 Å². The summed E-state index contributed by atoms with van der Waals surface area (Å²) < 4.78 is 10.9. The molecule has 0 aliphatic carbocycles. The molecule has 0 aromatic heterocycles. The number of carbonyl (C=O) groups is 1. The van der Waals surface area contributed by atoms with Crippen molar-refractivity contribution in [3.05, 3.63) is 23.8 Å². The number of rotatable bonds is 9. The van der Waals surface area contributed by atoms with E-state index in [0.29, 0.717) is 0 Å². The Kier molecular flexibility index (Phi) is 7.50. The molecule has 2 rings (SSSR count). The molecule has 1 aromatic rings. The summed E-state index contributed by atoms with van der Waals surface area (Å²) in [7, 11) is 0. The molecule has 6 heteroatoms. The van der Waals surface area contributed by atoms with Crippen LogP contribution >= 0.6 is 0 Å². The van der Waals surface area contributed by atoms with Gasteiger partial charge < -0.3 is 20.5 Å². The number of hydrogen-bond donors (Lipinski definition) is 2. The van der Waals surface area contributed by atoms with E-state index >= 15 is 0 Å². The highest BCUT2D eigenvalue weighted by Crippen LogP contribution is 2.33. The van der Waals surface area contributed by atoms with Crippen molar-refractivity contribution in [3.63, 3.8) is 0 Å². The number of amides is 1. The molecule has 27 heavy (non-hydrogen) atoms. The van der Waals surface area contributed by atoms with Gasteiger partial charge >= 0.3 is 0 Å². The first-order chi connectivity index (χ1) is 12.7. The van der Waals surface area contributed by atoms with Crippen LogP contribution in [0.4, 0.5) is 0 Å². The van der Waals surface area contributed by atoms with Crippen LogP contribution in [0.5, 0.6) is 11.5 Å². The van der Waals surface area contributed by atoms with Crippen molar-refractivity contribution < 1.29 is 14.3 Å². The third kappa shape index (κ3) is 5.36. The Morgan fingerprint density at radius 1 is 1.15 bits per heavy atom. The standard InChI is InChI=1S/C21H35N3O3/c1-7-24(20(14(4)5)23-21(25)19(22)13(2)3)15(6)10-16-8-9-17-18(11-16)27-12-26-17/h8-9,11,13-15,19-20H,7,10,12,22H2,1-6H3,(H,23,25). The zero-order valence-electron chi connectivity index (χ0n) is 17.5. The van der Waals surface area contributed by atoms with Crippen LogP contribution in [0.2, 0.25) is 0 Å². The van der Waals surface area contributed by atoms with E-state index in [1.54, 1.807) is 0 Å². The van der Waals surface area contributed by atoms with Crippen LogP contribution in [-0.2, 0) is 11.2 Å². The molecule has 0 saturated carbocycles. The predicted octanol–water partition coefficient (Wildman–Crippen LogP) is 2.75. The molecule has 3 unspecified atom stereocenters. The predicted molar refractivity (Wildman–Crippen MR) is 108 cm³/mol. The molecule has 0 bridgehead atoms. The van der Waals surface area contributed by atoms with E-state index in [-0.39, 0.29) is 36.7 Å². The SMILES string of the molecule is CCN(C(C)Cc1ccc2c(c1)OCO2)C(NC(=O)C(N)C(C)C)C(C)C. The summed E-state index contributed by atoms with van der Waals surface area (Å²) in [5.74, 6) is 1.90. The number of nitrogens with zero attached hydrogens (tertiary/aromatic N) is 1. The fourth-order valence-electron chi connectivity index (χ4n) is 3.49. The second-order valence-corrected chi connectivity index (χ2v) is 8.04. The van der Waals surface area contributed by atoms with Crippen molar-refractivity contribution in [1.29, 1.82) is 0 Å². The van der Waals surface area contributed by atoms with Gasteiger partial charge in [0.1, 0.15) is 0 Å². The number of likely N-dealkylation sites (N-methyl/N-ethyl adjacent to an activating group) is 1. The number of hydrogen-bond acceptors (Lipinski definition) is 5. The molecule has 0 saturated heterocycles. The van der Waals surface area contributed by atoms with E-state index < -0.39 is 6.04 Å². The van der Waals surface area contributed by atoms with E-state index in [2.05, 4.69) is 44.0 Å². The third-order valence-corrected chi connectivity index (χ3v) is 5.20. The van der Waals surface area contributed by atoms with Crippen molar-refractivity contribution >= 4 is 5.91 Å². The van der Waals surface area contributed by atoms with Gasteiger partial charge in [-0.25, -0.2) is 0 Å². The Bertz CT molecular complexity index is 633. The lowest BCUT2D eigenvalue weighted by Gasteiger charge is -2.39. The number of nitrogens with one attached hydrogen (secondary N) is 1. The van der Waals surface area contributed by atoms with Gasteiger partial charge in [0.25, 0.3) is 0 Å². The first kappa shape index (κ1) is 21.5. The number of fused-ring (bicyclic) bond motifs is 1. The van der Waals surface area contributed by atoms with Crippen LogP contribution in [0.25, 0.3) is 0 Å². The van der Waals surface area contributed by atoms with Crippen LogP contribution in [0.1, 0.15) is 47.1 Å². The van der Waals surface area contributed by atoms with Gasteiger partial charge in [-0.05, 0) is 49.4 Å². The second-order valence-electron chi connectivity index (χ2n) is 8.04. The molecule has 1 aliphatic heterocycles. The molecular weight excluding hydrogens is 342 g/mol. The Morgan fingerprint density at radius 3 is 2.41 bits per heavy atom. The molecule has 0 fully saturated rings. The fraction of sp³-hybridized carbons (Fsp3) is 0.667. The minimum atomic E-state index is -0.492. The Labute approximate surface area is 163 Å². The molecular formula is C21H35N3O3. The molecule has 3 N–H and O–H groups in total. The maximum Gasteiger partial charge on any atom is 0.238 e. The summed E-state index contributed by atoms with van der Waals surface area (Å²) in [5, 5.41) is 3.17. The Morgan fingerprint density at radius 2 is 1.81 bits per heavy atom. The van der Waals surface area contributed by atoms with Gasteiger partial charge in [0.2, 0.25) is 12.7 Å². The number of ether oxygens (including phenoxy) is 2. The lowest BCUT2D eigenvalue weighted by atomic mass is 10.0. The van der Waals surface area contributed by atoms with E-state index in [0.717, 1.165) is 24.5 Å². The van der Waals surface area contributed by atoms with E-state index in [1.807, 2.05) is 26.0 Å². The van der Waals surface area contributed by atoms with Gasteiger partial charge in [-0.2, -0.15) is 0 Å². The number of carbonyl (C=O) groups excluding carboxylic acids is 1. The van der Waals surface area contributed by atoms with Crippen LogP contribution in [0.15, 0.2) is 18.2 Å². The molecule has 1 heterocycles.